The molecule has 180 valence electrons. The second-order valence-corrected chi connectivity index (χ2v) is 7.24. The average molecular weight is 476 g/mol. The highest BCUT2D eigenvalue weighted by Crippen LogP contribution is 2.38. The SMILES string of the molecule is COc1cc(C=Cc2ccc(NC(=O)/C=C/c3cccc([N+](=O)[O-])c3)c(O)c2)cc(OC)c1OC. The van der Waals surface area contributed by atoms with Gasteiger partial charge in [0.25, 0.3) is 5.69 Å². The Morgan fingerprint density at radius 1 is 0.886 bits per heavy atom. The highest BCUT2D eigenvalue weighted by molar-refractivity contribution is 6.02. The van der Waals surface area contributed by atoms with Gasteiger partial charge in [-0.2, -0.15) is 0 Å². The Bertz CT molecular complexity index is 1270. The summed E-state index contributed by atoms with van der Waals surface area (Å²) in [4.78, 5) is 22.6. The van der Waals surface area contributed by atoms with Crippen LogP contribution in [-0.4, -0.2) is 37.3 Å². The molecule has 0 spiro atoms. The Kier molecular flexibility index (Phi) is 8.07. The van der Waals surface area contributed by atoms with Crippen LogP contribution in [0.2, 0.25) is 0 Å². The third-order valence-electron chi connectivity index (χ3n) is 4.94. The van der Waals surface area contributed by atoms with Crippen LogP contribution < -0.4 is 19.5 Å². The molecule has 0 atom stereocenters. The predicted molar refractivity (Wildman–Crippen MR) is 134 cm³/mol. The molecule has 0 aromatic heterocycles. The Morgan fingerprint density at radius 3 is 2.14 bits per heavy atom. The predicted octanol–water partition coefficient (Wildman–Crippen LogP) is 5.15. The van der Waals surface area contributed by atoms with Gasteiger partial charge >= 0.3 is 0 Å². The molecule has 0 unspecified atom stereocenters. The highest BCUT2D eigenvalue weighted by Gasteiger charge is 2.12. The fraction of sp³-hybridized carbons (Fsp3) is 0.115. The topological polar surface area (TPSA) is 120 Å². The van der Waals surface area contributed by atoms with Crippen LogP contribution in [0.3, 0.4) is 0 Å². The average Bonchev–Trinajstić information content (AvgIpc) is 2.87. The van der Waals surface area contributed by atoms with E-state index in [1.165, 1.54) is 57.7 Å². The number of ether oxygens (including phenoxy) is 3. The first-order valence-electron chi connectivity index (χ1n) is 10.4. The molecule has 0 bridgehead atoms. The maximum absolute atomic E-state index is 12.2. The van der Waals surface area contributed by atoms with Crippen LogP contribution in [0.15, 0.2) is 60.7 Å². The molecule has 0 aliphatic carbocycles. The molecule has 0 radical (unpaired) electrons. The summed E-state index contributed by atoms with van der Waals surface area (Å²) in [6, 6.07) is 14.3. The largest absolute Gasteiger partial charge is 0.506 e. The Morgan fingerprint density at radius 2 is 1.54 bits per heavy atom. The number of phenolic OH excluding ortho intramolecular Hbond substituents is 1. The molecule has 9 nitrogen and oxygen atoms in total. The first-order chi connectivity index (χ1) is 16.8. The number of amides is 1. The fourth-order valence-corrected chi connectivity index (χ4v) is 3.24. The van der Waals surface area contributed by atoms with Gasteiger partial charge in [-0.25, -0.2) is 0 Å². The van der Waals surface area contributed by atoms with Crippen LogP contribution in [-0.2, 0) is 4.79 Å². The van der Waals surface area contributed by atoms with Crippen LogP contribution in [0, 0.1) is 10.1 Å². The van der Waals surface area contributed by atoms with E-state index in [1.807, 2.05) is 6.08 Å². The number of nitrogens with zero attached hydrogens (tertiary/aromatic N) is 1. The number of nitro groups is 1. The normalized spacial score (nSPS) is 10.9. The number of carbonyl (C=O) groups is 1. The maximum atomic E-state index is 12.2. The summed E-state index contributed by atoms with van der Waals surface area (Å²) >= 11 is 0. The summed E-state index contributed by atoms with van der Waals surface area (Å²) in [5.41, 5.74) is 2.15. The number of anilines is 1. The number of non-ortho nitro benzene ring substituents is 1. The first kappa shape index (κ1) is 24.8. The number of methoxy groups -OCH3 is 3. The molecule has 1 amide bonds. The van der Waals surface area contributed by atoms with Crippen LogP contribution >= 0.6 is 0 Å². The number of hydrogen-bond donors (Lipinski definition) is 2. The van der Waals surface area contributed by atoms with Crippen LogP contribution in [0.5, 0.6) is 23.0 Å². The molecule has 0 aliphatic heterocycles. The molecule has 3 aromatic rings. The summed E-state index contributed by atoms with van der Waals surface area (Å²) in [5.74, 6) is 0.919. The van der Waals surface area contributed by atoms with Crippen molar-refractivity contribution in [2.45, 2.75) is 0 Å². The lowest BCUT2D eigenvalue weighted by Gasteiger charge is -2.12. The van der Waals surface area contributed by atoms with Crippen molar-refractivity contribution in [3.05, 3.63) is 87.5 Å². The van der Waals surface area contributed by atoms with Crippen LogP contribution in [0.1, 0.15) is 16.7 Å². The van der Waals surface area contributed by atoms with Crippen molar-refractivity contribution < 1.29 is 29.0 Å². The van der Waals surface area contributed by atoms with Gasteiger partial charge < -0.3 is 24.6 Å². The van der Waals surface area contributed by atoms with E-state index in [1.54, 1.807) is 36.4 Å². The van der Waals surface area contributed by atoms with Gasteiger partial charge in [0.05, 0.1) is 31.9 Å². The van der Waals surface area contributed by atoms with E-state index in [0.717, 1.165) is 5.56 Å². The summed E-state index contributed by atoms with van der Waals surface area (Å²) in [7, 11) is 4.60. The summed E-state index contributed by atoms with van der Waals surface area (Å²) in [6.07, 6.45) is 6.29. The zero-order valence-corrected chi connectivity index (χ0v) is 19.3. The van der Waals surface area contributed by atoms with E-state index in [-0.39, 0.29) is 17.1 Å². The van der Waals surface area contributed by atoms with Gasteiger partial charge in [-0.1, -0.05) is 30.4 Å². The smallest absolute Gasteiger partial charge is 0.270 e. The Balaban J connectivity index is 1.71. The van der Waals surface area contributed by atoms with Crippen LogP contribution in [0.25, 0.3) is 18.2 Å². The highest BCUT2D eigenvalue weighted by atomic mass is 16.6. The van der Waals surface area contributed by atoms with E-state index in [0.29, 0.717) is 28.4 Å². The zero-order chi connectivity index (χ0) is 25.4. The lowest BCUT2D eigenvalue weighted by atomic mass is 10.1. The Hall–Kier alpha value is -4.79. The van der Waals surface area contributed by atoms with Gasteiger partial charge in [-0.15, -0.1) is 0 Å². The summed E-state index contributed by atoms with van der Waals surface area (Å²) in [5, 5.41) is 23.8. The molecule has 3 aromatic carbocycles. The van der Waals surface area contributed by atoms with Gasteiger partial charge in [0.15, 0.2) is 11.5 Å². The van der Waals surface area contributed by atoms with E-state index in [2.05, 4.69) is 5.32 Å². The standard InChI is InChI=1S/C26H24N2O7/c1-33-23-15-19(16-24(34-2)26(23)35-3)8-7-18-9-11-21(22(29)14-18)27-25(30)12-10-17-5-4-6-20(13-17)28(31)32/h4-16,29H,1-3H3,(H,27,30)/b8-7?,12-10+. The molecular weight excluding hydrogens is 452 g/mol. The van der Waals surface area contributed by atoms with Crippen molar-refractivity contribution in [3.63, 3.8) is 0 Å². The minimum atomic E-state index is -0.507. The number of phenols is 1. The van der Waals surface area contributed by atoms with Gasteiger partial charge in [0.2, 0.25) is 11.7 Å². The molecule has 9 heteroatoms. The van der Waals surface area contributed by atoms with E-state index in [4.69, 9.17) is 14.2 Å². The number of nitro benzene ring substituents is 1. The molecule has 0 aliphatic rings. The van der Waals surface area contributed by atoms with Gasteiger partial charge in [0, 0.05) is 18.2 Å². The lowest BCUT2D eigenvalue weighted by Crippen LogP contribution is -2.07. The van der Waals surface area contributed by atoms with Crippen molar-refractivity contribution in [1.29, 1.82) is 0 Å². The third kappa shape index (κ3) is 6.38. The number of benzene rings is 3. The van der Waals surface area contributed by atoms with Gasteiger partial charge in [-0.3, -0.25) is 14.9 Å². The van der Waals surface area contributed by atoms with Crippen molar-refractivity contribution in [2.24, 2.45) is 0 Å². The number of rotatable bonds is 9. The molecule has 0 heterocycles. The molecule has 0 saturated heterocycles. The second-order valence-electron chi connectivity index (χ2n) is 7.24. The first-order valence-corrected chi connectivity index (χ1v) is 10.4. The monoisotopic (exact) mass is 476 g/mol. The van der Waals surface area contributed by atoms with Gasteiger partial charge in [-0.05, 0) is 47.0 Å². The quantitative estimate of drug-likeness (QED) is 0.144. The second kappa shape index (κ2) is 11.4. The summed E-state index contributed by atoms with van der Waals surface area (Å²) in [6.45, 7) is 0. The van der Waals surface area contributed by atoms with Gasteiger partial charge in [0.1, 0.15) is 5.75 Å². The molecule has 2 N–H and O–H groups in total. The molecule has 3 rings (SSSR count). The lowest BCUT2D eigenvalue weighted by molar-refractivity contribution is -0.384. The maximum Gasteiger partial charge on any atom is 0.270 e. The van der Waals surface area contributed by atoms with Crippen molar-refractivity contribution in [3.8, 4) is 23.0 Å². The molecule has 0 saturated carbocycles. The van der Waals surface area contributed by atoms with E-state index >= 15 is 0 Å². The third-order valence-corrected chi connectivity index (χ3v) is 4.94. The van der Waals surface area contributed by atoms with Crippen molar-refractivity contribution in [1.82, 2.24) is 0 Å². The molecule has 0 fully saturated rings. The number of hydrogen-bond acceptors (Lipinski definition) is 7. The summed E-state index contributed by atoms with van der Waals surface area (Å²) < 4.78 is 16.0. The van der Waals surface area contributed by atoms with Crippen LogP contribution in [0.4, 0.5) is 11.4 Å². The molecule has 35 heavy (non-hydrogen) atoms. The minimum absolute atomic E-state index is 0.0691. The fourth-order valence-electron chi connectivity index (χ4n) is 3.24. The van der Waals surface area contributed by atoms with Crippen molar-refractivity contribution >= 4 is 35.5 Å². The molecular formula is C26H24N2O7. The number of carbonyl (C=O) groups excluding carboxylic acids is 1. The Labute approximate surface area is 202 Å². The number of nitrogens with one attached hydrogen (secondary N) is 1. The van der Waals surface area contributed by atoms with Crippen molar-refractivity contribution in [2.75, 3.05) is 26.6 Å². The van der Waals surface area contributed by atoms with E-state index in [9.17, 15) is 20.0 Å². The van der Waals surface area contributed by atoms with E-state index < -0.39 is 10.8 Å². The number of aromatic hydroxyl groups is 1. The zero-order valence-electron chi connectivity index (χ0n) is 19.3. The minimum Gasteiger partial charge on any atom is -0.506 e.